The Balaban J connectivity index is 2.91. The molecule has 0 aliphatic rings. The van der Waals surface area contributed by atoms with Crippen molar-refractivity contribution in [1.82, 2.24) is 0 Å². The van der Waals surface area contributed by atoms with E-state index in [4.69, 9.17) is 0 Å². The van der Waals surface area contributed by atoms with Crippen LogP contribution in [-0.2, 0) is 4.79 Å². The quantitative estimate of drug-likeness (QED) is 0.611. The van der Waals surface area contributed by atoms with Gasteiger partial charge in [0, 0.05) is 23.7 Å². The van der Waals surface area contributed by atoms with Gasteiger partial charge in [0.05, 0.1) is 4.92 Å². The molecule has 5 nitrogen and oxygen atoms in total. The number of anilines is 1. The Bertz CT molecular complexity index is 402. The Hall–Kier alpha value is -1.91. The van der Waals surface area contributed by atoms with Crippen LogP contribution < -0.4 is 5.32 Å². The molecular weight excluding hydrogens is 196 g/mol. The maximum atomic E-state index is 11.1. The molecule has 1 aromatic carbocycles. The summed E-state index contributed by atoms with van der Waals surface area (Å²) in [5.74, 6) is -0.108. The minimum absolute atomic E-state index is 0.0597. The molecule has 0 aliphatic heterocycles. The maximum absolute atomic E-state index is 11.1. The third-order valence-corrected chi connectivity index (χ3v) is 2.00. The summed E-state index contributed by atoms with van der Waals surface area (Å²) in [6.45, 7) is 3.38. The summed E-state index contributed by atoms with van der Waals surface area (Å²) >= 11 is 0. The molecular formula is C10H12N2O3. The molecule has 0 heterocycles. The molecule has 0 unspecified atom stereocenters. The predicted molar refractivity (Wildman–Crippen MR) is 56.8 cm³/mol. The molecule has 1 amide bonds. The van der Waals surface area contributed by atoms with Crippen LogP contribution in [0.2, 0.25) is 0 Å². The third kappa shape index (κ3) is 2.77. The number of hydrogen-bond acceptors (Lipinski definition) is 3. The topological polar surface area (TPSA) is 72.2 Å². The number of rotatable bonds is 3. The number of carbonyl (C=O) groups is 1. The summed E-state index contributed by atoms with van der Waals surface area (Å²) in [5, 5.41) is 13.2. The predicted octanol–water partition coefficient (Wildman–Crippen LogP) is 2.25. The molecule has 0 aliphatic carbocycles. The zero-order chi connectivity index (χ0) is 11.4. The highest BCUT2D eigenvalue weighted by molar-refractivity contribution is 5.90. The van der Waals surface area contributed by atoms with Gasteiger partial charge in [0.1, 0.15) is 0 Å². The number of hydrogen-bond donors (Lipinski definition) is 1. The van der Waals surface area contributed by atoms with Crippen molar-refractivity contribution in [2.24, 2.45) is 0 Å². The Labute approximate surface area is 87.3 Å². The van der Waals surface area contributed by atoms with E-state index in [0.29, 0.717) is 17.7 Å². The van der Waals surface area contributed by atoms with Crippen molar-refractivity contribution in [2.75, 3.05) is 5.32 Å². The molecule has 0 bridgehead atoms. The standard InChI is InChI=1S/C10H12N2O3/c1-3-10(13)11-8-4-5-9(12(14)15)7(2)6-8/h4-6H,3H2,1-2H3,(H,11,13). The van der Waals surface area contributed by atoms with Gasteiger partial charge in [-0.15, -0.1) is 0 Å². The van der Waals surface area contributed by atoms with Gasteiger partial charge >= 0.3 is 0 Å². The van der Waals surface area contributed by atoms with Crippen molar-refractivity contribution < 1.29 is 9.72 Å². The van der Waals surface area contributed by atoms with E-state index in [2.05, 4.69) is 5.32 Å². The number of aryl methyl sites for hydroxylation is 1. The lowest BCUT2D eigenvalue weighted by Crippen LogP contribution is -2.09. The number of amides is 1. The fourth-order valence-corrected chi connectivity index (χ4v) is 1.19. The summed E-state index contributed by atoms with van der Waals surface area (Å²) in [6.07, 6.45) is 0.385. The fourth-order valence-electron chi connectivity index (χ4n) is 1.19. The van der Waals surface area contributed by atoms with Crippen LogP contribution in [0.25, 0.3) is 0 Å². The number of nitro benzene ring substituents is 1. The van der Waals surface area contributed by atoms with Crippen molar-refractivity contribution >= 4 is 17.3 Å². The van der Waals surface area contributed by atoms with E-state index in [1.54, 1.807) is 19.9 Å². The van der Waals surface area contributed by atoms with Gasteiger partial charge < -0.3 is 5.32 Å². The van der Waals surface area contributed by atoms with Crippen LogP contribution in [0.3, 0.4) is 0 Å². The third-order valence-electron chi connectivity index (χ3n) is 2.00. The molecule has 0 saturated carbocycles. The molecule has 5 heteroatoms. The summed E-state index contributed by atoms with van der Waals surface area (Å²) < 4.78 is 0. The zero-order valence-electron chi connectivity index (χ0n) is 8.61. The van der Waals surface area contributed by atoms with Crippen LogP contribution in [0.4, 0.5) is 11.4 Å². The minimum atomic E-state index is -0.444. The van der Waals surface area contributed by atoms with E-state index in [9.17, 15) is 14.9 Å². The highest BCUT2D eigenvalue weighted by Crippen LogP contribution is 2.21. The minimum Gasteiger partial charge on any atom is -0.326 e. The number of nitro groups is 1. The fraction of sp³-hybridized carbons (Fsp3) is 0.300. The van der Waals surface area contributed by atoms with Gasteiger partial charge in [-0.3, -0.25) is 14.9 Å². The van der Waals surface area contributed by atoms with Gasteiger partial charge in [0.2, 0.25) is 5.91 Å². The Morgan fingerprint density at radius 3 is 2.67 bits per heavy atom. The molecule has 15 heavy (non-hydrogen) atoms. The molecule has 0 saturated heterocycles. The average Bonchev–Trinajstić information content (AvgIpc) is 2.17. The van der Waals surface area contributed by atoms with Crippen LogP contribution in [0, 0.1) is 17.0 Å². The highest BCUT2D eigenvalue weighted by Gasteiger charge is 2.10. The lowest BCUT2D eigenvalue weighted by atomic mass is 10.2. The van der Waals surface area contributed by atoms with Crippen molar-refractivity contribution in [3.8, 4) is 0 Å². The largest absolute Gasteiger partial charge is 0.326 e. The van der Waals surface area contributed by atoms with Crippen LogP contribution >= 0.6 is 0 Å². The van der Waals surface area contributed by atoms with Gasteiger partial charge in [-0.25, -0.2) is 0 Å². The van der Waals surface area contributed by atoms with Gasteiger partial charge in [-0.05, 0) is 19.1 Å². The van der Waals surface area contributed by atoms with Crippen molar-refractivity contribution in [1.29, 1.82) is 0 Å². The highest BCUT2D eigenvalue weighted by atomic mass is 16.6. The summed E-state index contributed by atoms with van der Waals surface area (Å²) in [5.41, 5.74) is 1.18. The van der Waals surface area contributed by atoms with Crippen LogP contribution in [-0.4, -0.2) is 10.8 Å². The summed E-state index contributed by atoms with van der Waals surface area (Å²) in [7, 11) is 0. The summed E-state index contributed by atoms with van der Waals surface area (Å²) in [4.78, 5) is 21.2. The van der Waals surface area contributed by atoms with Crippen molar-refractivity contribution in [2.45, 2.75) is 20.3 Å². The van der Waals surface area contributed by atoms with Gasteiger partial charge in [-0.2, -0.15) is 0 Å². The van der Waals surface area contributed by atoms with Crippen LogP contribution in [0.1, 0.15) is 18.9 Å². The maximum Gasteiger partial charge on any atom is 0.272 e. The van der Waals surface area contributed by atoms with Crippen LogP contribution in [0.5, 0.6) is 0 Å². The van der Waals surface area contributed by atoms with E-state index < -0.39 is 4.92 Å². The van der Waals surface area contributed by atoms with Gasteiger partial charge in [0.25, 0.3) is 5.69 Å². The number of carbonyl (C=O) groups excluding carboxylic acids is 1. The van der Waals surface area contributed by atoms with Crippen LogP contribution in [0.15, 0.2) is 18.2 Å². The average molecular weight is 208 g/mol. The molecule has 1 rings (SSSR count). The molecule has 0 atom stereocenters. The lowest BCUT2D eigenvalue weighted by Gasteiger charge is -2.04. The first-order chi connectivity index (χ1) is 7.04. The second-order valence-corrected chi connectivity index (χ2v) is 3.16. The Morgan fingerprint density at radius 2 is 2.20 bits per heavy atom. The zero-order valence-corrected chi connectivity index (χ0v) is 8.61. The van der Waals surface area contributed by atoms with E-state index in [1.165, 1.54) is 12.1 Å². The molecule has 1 aromatic rings. The Kier molecular flexibility index (Phi) is 3.38. The number of nitrogens with zero attached hydrogens (tertiary/aromatic N) is 1. The molecule has 0 fully saturated rings. The number of benzene rings is 1. The molecule has 0 spiro atoms. The smallest absolute Gasteiger partial charge is 0.272 e. The first-order valence-electron chi connectivity index (χ1n) is 4.59. The van der Waals surface area contributed by atoms with Gasteiger partial charge in [-0.1, -0.05) is 6.92 Å². The molecule has 80 valence electrons. The first-order valence-corrected chi connectivity index (χ1v) is 4.59. The number of nitrogens with one attached hydrogen (secondary N) is 1. The first kappa shape index (κ1) is 11.2. The molecule has 0 radical (unpaired) electrons. The Morgan fingerprint density at radius 1 is 1.53 bits per heavy atom. The normalized spacial score (nSPS) is 9.73. The lowest BCUT2D eigenvalue weighted by molar-refractivity contribution is -0.385. The SMILES string of the molecule is CCC(=O)Nc1ccc([N+](=O)[O-])c(C)c1. The van der Waals surface area contributed by atoms with Crippen molar-refractivity contribution in [3.05, 3.63) is 33.9 Å². The van der Waals surface area contributed by atoms with E-state index in [1.807, 2.05) is 0 Å². The summed E-state index contributed by atoms with van der Waals surface area (Å²) in [6, 6.07) is 4.50. The van der Waals surface area contributed by atoms with E-state index in [-0.39, 0.29) is 11.6 Å². The van der Waals surface area contributed by atoms with E-state index >= 15 is 0 Å². The second-order valence-electron chi connectivity index (χ2n) is 3.16. The van der Waals surface area contributed by atoms with E-state index in [0.717, 1.165) is 0 Å². The second kappa shape index (κ2) is 4.54. The van der Waals surface area contributed by atoms with Gasteiger partial charge in [0.15, 0.2) is 0 Å². The van der Waals surface area contributed by atoms with Crippen molar-refractivity contribution in [3.63, 3.8) is 0 Å². The molecule has 1 N–H and O–H groups in total. The molecule has 0 aromatic heterocycles. The monoisotopic (exact) mass is 208 g/mol.